The first kappa shape index (κ1) is 16.1. The van der Waals surface area contributed by atoms with E-state index >= 15 is 0 Å². The first-order chi connectivity index (χ1) is 11.1. The van der Waals surface area contributed by atoms with Crippen LogP contribution in [0.25, 0.3) is 11.1 Å². The molecule has 0 radical (unpaired) electrons. The lowest BCUT2D eigenvalue weighted by Gasteiger charge is -2.25. The summed E-state index contributed by atoms with van der Waals surface area (Å²) in [5, 5.41) is 1.72. The third-order valence-corrected chi connectivity index (χ3v) is 3.23. The Bertz CT molecular complexity index is 853. The Balaban J connectivity index is 2.17. The second-order valence-electron chi connectivity index (χ2n) is 4.73. The molecular formula is C14H4F7NO2. The molecule has 2 aromatic carbocycles. The van der Waals surface area contributed by atoms with Gasteiger partial charge in [0.25, 0.3) is 0 Å². The van der Waals surface area contributed by atoms with Crippen LogP contribution in [0.2, 0.25) is 0 Å². The van der Waals surface area contributed by atoms with Crippen molar-refractivity contribution in [3.8, 4) is 16.9 Å². The number of ether oxygens (including phenoxy) is 1. The van der Waals surface area contributed by atoms with Crippen molar-refractivity contribution in [2.45, 2.75) is 6.11 Å². The van der Waals surface area contributed by atoms with Gasteiger partial charge in [-0.1, -0.05) is 6.07 Å². The lowest BCUT2D eigenvalue weighted by molar-refractivity contribution is -0.189. The van der Waals surface area contributed by atoms with E-state index in [1.807, 2.05) is 0 Å². The molecule has 1 heterocycles. The van der Waals surface area contributed by atoms with Gasteiger partial charge in [-0.15, -0.1) is 0 Å². The van der Waals surface area contributed by atoms with Crippen LogP contribution in [0.3, 0.4) is 0 Å². The Hall–Kier alpha value is -2.78. The molecule has 0 aromatic heterocycles. The van der Waals surface area contributed by atoms with Crippen molar-refractivity contribution in [3.05, 3.63) is 47.3 Å². The highest BCUT2D eigenvalue weighted by Crippen LogP contribution is 2.40. The molecule has 0 saturated heterocycles. The van der Waals surface area contributed by atoms with Crippen molar-refractivity contribution in [3.63, 3.8) is 0 Å². The predicted octanol–water partition coefficient (Wildman–Crippen LogP) is 3.97. The minimum absolute atomic E-state index is 0.410. The normalized spacial score (nSPS) is 15.5. The van der Waals surface area contributed by atoms with Crippen molar-refractivity contribution in [2.24, 2.45) is 0 Å². The number of fused-ring (bicyclic) bond motifs is 1. The molecule has 0 unspecified atom stereocenters. The molecule has 1 aliphatic heterocycles. The van der Waals surface area contributed by atoms with Crippen LogP contribution in [-0.2, 0) is 4.79 Å². The molecule has 1 aliphatic rings. The molecule has 2 aromatic rings. The van der Waals surface area contributed by atoms with E-state index in [2.05, 4.69) is 4.74 Å². The van der Waals surface area contributed by atoms with Gasteiger partial charge in [-0.3, -0.25) is 4.79 Å². The van der Waals surface area contributed by atoms with Crippen LogP contribution in [-0.4, -0.2) is 12.0 Å². The zero-order chi connectivity index (χ0) is 17.8. The van der Waals surface area contributed by atoms with E-state index in [9.17, 15) is 35.5 Å². The van der Waals surface area contributed by atoms with E-state index in [-0.39, 0.29) is 0 Å². The number of rotatable bonds is 1. The zero-order valence-corrected chi connectivity index (χ0v) is 11.2. The summed E-state index contributed by atoms with van der Waals surface area (Å²) in [5.74, 6) is -13.2. The minimum Gasteiger partial charge on any atom is -0.423 e. The van der Waals surface area contributed by atoms with Gasteiger partial charge in [0.2, 0.25) is 5.82 Å². The first-order valence-electron chi connectivity index (χ1n) is 6.17. The Morgan fingerprint density at radius 2 is 1.42 bits per heavy atom. The molecule has 0 spiro atoms. The number of carbonyl (C=O) groups excluding carboxylic acids is 1. The smallest absolute Gasteiger partial charge is 0.423 e. The Morgan fingerprint density at radius 1 is 0.875 bits per heavy atom. The molecule has 3 rings (SSSR count). The van der Waals surface area contributed by atoms with Gasteiger partial charge in [-0.25, -0.2) is 22.0 Å². The van der Waals surface area contributed by atoms with E-state index in [1.165, 1.54) is 0 Å². The van der Waals surface area contributed by atoms with Crippen LogP contribution in [0.5, 0.6) is 5.75 Å². The fraction of sp³-hybridized carbons (Fsp3) is 0.0714. The summed E-state index contributed by atoms with van der Waals surface area (Å²) in [5.41, 5.74) is -2.20. The van der Waals surface area contributed by atoms with Gasteiger partial charge >= 0.3 is 12.0 Å². The zero-order valence-electron chi connectivity index (χ0n) is 11.2. The molecule has 0 atom stereocenters. The maximum atomic E-state index is 13.8. The number of anilines is 1. The molecule has 3 nitrogen and oxygen atoms in total. The van der Waals surface area contributed by atoms with Crippen molar-refractivity contribution >= 4 is 11.6 Å². The second-order valence-corrected chi connectivity index (χ2v) is 4.73. The number of alkyl halides is 2. The predicted molar refractivity (Wildman–Crippen MR) is 65.9 cm³/mol. The average Bonchev–Trinajstić information content (AvgIpc) is 2.52. The molecule has 0 saturated carbocycles. The quantitative estimate of drug-likeness (QED) is 0.480. The number of amides is 1. The summed E-state index contributed by atoms with van der Waals surface area (Å²) in [6.07, 6.45) is -4.15. The Labute approximate surface area is 128 Å². The summed E-state index contributed by atoms with van der Waals surface area (Å²) < 4.78 is 97.3. The second kappa shape index (κ2) is 5.11. The summed E-state index contributed by atoms with van der Waals surface area (Å²) in [7, 11) is 0. The van der Waals surface area contributed by atoms with Gasteiger partial charge in [0.05, 0.1) is 11.3 Å². The van der Waals surface area contributed by atoms with E-state index in [0.717, 1.165) is 18.2 Å². The van der Waals surface area contributed by atoms with Crippen LogP contribution in [0.4, 0.5) is 36.4 Å². The summed E-state index contributed by atoms with van der Waals surface area (Å²) >= 11 is 0. The molecule has 1 amide bonds. The lowest BCUT2D eigenvalue weighted by atomic mass is 10.0. The number of hydrogen-bond donors (Lipinski definition) is 1. The maximum absolute atomic E-state index is 13.8. The van der Waals surface area contributed by atoms with E-state index in [4.69, 9.17) is 0 Å². The topological polar surface area (TPSA) is 38.3 Å². The van der Waals surface area contributed by atoms with Crippen LogP contribution < -0.4 is 10.1 Å². The van der Waals surface area contributed by atoms with Crippen molar-refractivity contribution < 1.29 is 40.3 Å². The number of hydrogen-bond acceptors (Lipinski definition) is 2. The Morgan fingerprint density at radius 3 is 2.00 bits per heavy atom. The molecular weight excluding hydrogens is 347 g/mol. The number of nitrogens with one attached hydrogen (secondary N) is 1. The standard InChI is InChI=1S/C14H4F7NO2/c15-8-7(9(16)11(18)12(19)10(8)17)4-1-2-6-5(3-4)22-13(23)14(20,21)24-6/h1-3H,(H,22,23). The SMILES string of the molecule is O=C1Nc2cc(-c3c(F)c(F)c(F)c(F)c3F)ccc2OC1(F)F. The van der Waals surface area contributed by atoms with Crippen LogP contribution >= 0.6 is 0 Å². The average molecular weight is 351 g/mol. The van der Waals surface area contributed by atoms with Crippen molar-refractivity contribution in [1.82, 2.24) is 0 Å². The fourth-order valence-corrected chi connectivity index (χ4v) is 2.11. The maximum Gasteiger partial charge on any atom is 0.482 e. The molecule has 0 fully saturated rings. The summed E-state index contributed by atoms with van der Waals surface area (Å²) in [6.45, 7) is 0. The fourth-order valence-electron chi connectivity index (χ4n) is 2.11. The molecule has 10 heteroatoms. The van der Waals surface area contributed by atoms with Gasteiger partial charge < -0.3 is 10.1 Å². The van der Waals surface area contributed by atoms with Crippen LogP contribution in [0.15, 0.2) is 18.2 Å². The molecule has 0 bridgehead atoms. The Kier molecular flexibility index (Phi) is 3.43. The monoisotopic (exact) mass is 351 g/mol. The van der Waals surface area contributed by atoms with Gasteiger partial charge in [0, 0.05) is 0 Å². The van der Waals surface area contributed by atoms with E-state index in [0.29, 0.717) is 0 Å². The largest absolute Gasteiger partial charge is 0.482 e. The summed E-state index contributed by atoms with van der Waals surface area (Å²) in [6, 6.07) is 2.36. The minimum atomic E-state index is -4.15. The highest BCUT2D eigenvalue weighted by Gasteiger charge is 2.46. The highest BCUT2D eigenvalue weighted by molar-refractivity contribution is 5.99. The van der Waals surface area contributed by atoms with Crippen molar-refractivity contribution in [1.29, 1.82) is 0 Å². The van der Waals surface area contributed by atoms with Crippen molar-refractivity contribution in [2.75, 3.05) is 5.32 Å². The summed E-state index contributed by atoms with van der Waals surface area (Å²) in [4.78, 5) is 11.1. The third kappa shape index (κ3) is 2.25. The molecule has 126 valence electrons. The highest BCUT2D eigenvalue weighted by atomic mass is 19.3. The van der Waals surface area contributed by atoms with E-state index in [1.54, 1.807) is 5.32 Å². The van der Waals surface area contributed by atoms with Gasteiger partial charge in [-0.05, 0) is 17.7 Å². The number of halogens is 7. The van der Waals surface area contributed by atoms with E-state index < -0.39 is 63.7 Å². The lowest BCUT2D eigenvalue weighted by Crippen LogP contribution is -2.43. The number of benzene rings is 2. The number of carbonyl (C=O) groups is 1. The van der Waals surface area contributed by atoms with Gasteiger partial charge in [0.15, 0.2) is 29.0 Å². The molecule has 0 aliphatic carbocycles. The van der Waals surface area contributed by atoms with Crippen LogP contribution in [0, 0.1) is 29.1 Å². The van der Waals surface area contributed by atoms with Gasteiger partial charge in [0.1, 0.15) is 0 Å². The van der Waals surface area contributed by atoms with Gasteiger partial charge in [-0.2, -0.15) is 8.78 Å². The molecule has 1 N–H and O–H groups in total. The first-order valence-corrected chi connectivity index (χ1v) is 6.17. The third-order valence-electron chi connectivity index (χ3n) is 3.23. The molecule has 24 heavy (non-hydrogen) atoms. The van der Waals surface area contributed by atoms with Crippen LogP contribution in [0.1, 0.15) is 0 Å².